The third-order valence-corrected chi connectivity index (χ3v) is 1.34. The summed E-state index contributed by atoms with van der Waals surface area (Å²) in [5.74, 6) is 0. The maximum absolute atomic E-state index is 3.89. The van der Waals surface area contributed by atoms with Crippen molar-refractivity contribution in [3.8, 4) is 0 Å². The molecule has 1 aromatic rings. The molecule has 0 N–H and O–H groups in total. The predicted octanol–water partition coefficient (Wildman–Crippen LogP) is 2.03. The lowest BCUT2D eigenvalue weighted by molar-refractivity contribution is 1.29. The van der Waals surface area contributed by atoms with Gasteiger partial charge in [0.15, 0.2) is 0 Å². The number of pyridine rings is 1. The van der Waals surface area contributed by atoms with Crippen molar-refractivity contribution in [2.75, 3.05) is 5.33 Å². The van der Waals surface area contributed by atoms with Gasteiger partial charge in [-0.3, -0.25) is 4.98 Å². The lowest BCUT2D eigenvalue weighted by Crippen LogP contribution is -1.80. The summed E-state index contributed by atoms with van der Waals surface area (Å²) < 4.78 is 0. The number of hydrogen-bond acceptors (Lipinski definition) is 1. The summed E-state index contributed by atoms with van der Waals surface area (Å²) in [6.07, 6.45) is 5.66. The molecule has 0 unspecified atom stereocenters. The highest BCUT2D eigenvalue weighted by atomic mass is 79.9. The summed E-state index contributed by atoms with van der Waals surface area (Å²) in [6, 6.07) is 3.95. The van der Waals surface area contributed by atoms with E-state index in [-0.39, 0.29) is 0 Å². The topological polar surface area (TPSA) is 12.9 Å². The van der Waals surface area contributed by atoms with Crippen LogP contribution in [0.5, 0.6) is 0 Å². The maximum Gasteiger partial charge on any atom is 0.0270 e. The second-order valence-electron chi connectivity index (χ2n) is 1.64. The van der Waals surface area contributed by atoms with E-state index >= 15 is 0 Å². The summed E-state index contributed by atoms with van der Waals surface area (Å²) in [4.78, 5) is 3.89. The minimum absolute atomic E-state index is 0.900. The van der Waals surface area contributed by atoms with Gasteiger partial charge in [-0.2, -0.15) is 0 Å². The minimum Gasteiger partial charge on any atom is -0.265 e. The molecule has 9 heavy (non-hydrogen) atoms. The van der Waals surface area contributed by atoms with Crippen molar-refractivity contribution in [2.45, 2.75) is 0 Å². The summed E-state index contributed by atoms with van der Waals surface area (Å²) in [6.45, 7) is 0. The van der Waals surface area contributed by atoms with Crippen molar-refractivity contribution in [2.24, 2.45) is 0 Å². The average molecular weight is 185 g/mol. The number of aromatic nitrogens is 1. The van der Waals surface area contributed by atoms with Gasteiger partial charge in [-0.15, -0.1) is 0 Å². The Morgan fingerprint density at radius 3 is 2.67 bits per heavy atom. The van der Waals surface area contributed by atoms with E-state index in [1.807, 2.05) is 12.1 Å². The van der Waals surface area contributed by atoms with E-state index in [4.69, 9.17) is 0 Å². The van der Waals surface area contributed by atoms with Crippen LogP contribution in [0.4, 0.5) is 0 Å². The fraction of sp³-hybridized carbons (Fsp3) is 0.143. The Labute approximate surface area is 63.2 Å². The lowest BCUT2D eigenvalue weighted by atomic mass is 10.2. The Balaban J connectivity index is 2.61. The zero-order chi connectivity index (χ0) is 6.53. The Morgan fingerprint density at radius 2 is 2.11 bits per heavy atom. The number of nitrogens with zero attached hydrogens (tertiary/aromatic N) is 1. The van der Waals surface area contributed by atoms with Gasteiger partial charge in [-0.05, 0) is 17.7 Å². The van der Waals surface area contributed by atoms with E-state index in [0.717, 1.165) is 5.33 Å². The van der Waals surface area contributed by atoms with Crippen LogP contribution in [-0.2, 0) is 0 Å². The molecule has 0 aromatic carbocycles. The van der Waals surface area contributed by atoms with Crippen molar-refractivity contribution in [3.05, 3.63) is 36.5 Å². The number of hydrogen-bond donors (Lipinski definition) is 0. The second-order valence-corrected chi connectivity index (χ2v) is 2.29. The summed E-state index contributed by atoms with van der Waals surface area (Å²) in [7, 11) is 0. The van der Waals surface area contributed by atoms with Crippen LogP contribution < -0.4 is 0 Å². The second kappa shape index (κ2) is 3.62. The van der Waals surface area contributed by atoms with Gasteiger partial charge in [0.25, 0.3) is 0 Å². The Hall–Kier alpha value is -0.370. The largest absolute Gasteiger partial charge is 0.265 e. The van der Waals surface area contributed by atoms with Crippen LogP contribution >= 0.6 is 15.9 Å². The molecule has 0 spiro atoms. The normalized spacial score (nSPS) is 9.44. The van der Waals surface area contributed by atoms with Gasteiger partial charge in [0.1, 0.15) is 0 Å². The molecule has 1 heterocycles. The van der Waals surface area contributed by atoms with Crippen molar-refractivity contribution in [3.63, 3.8) is 0 Å². The van der Waals surface area contributed by atoms with Gasteiger partial charge in [0, 0.05) is 24.1 Å². The zero-order valence-electron chi connectivity index (χ0n) is 4.92. The first-order valence-electron chi connectivity index (χ1n) is 2.72. The van der Waals surface area contributed by atoms with E-state index in [0.29, 0.717) is 0 Å². The number of alkyl halides is 1. The standard InChI is InChI=1S/C7H7BrN/c8-4-1-7-2-5-9-6-3-7/h1-3,5-6H,4H2. The molecule has 0 aliphatic carbocycles. The molecule has 0 aliphatic rings. The first-order valence-corrected chi connectivity index (χ1v) is 3.85. The van der Waals surface area contributed by atoms with Crippen LogP contribution in [0.2, 0.25) is 0 Å². The van der Waals surface area contributed by atoms with Gasteiger partial charge >= 0.3 is 0 Å². The van der Waals surface area contributed by atoms with Crippen LogP contribution in [-0.4, -0.2) is 10.3 Å². The predicted molar refractivity (Wildman–Crippen MR) is 41.4 cm³/mol. The molecule has 47 valence electrons. The van der Waals surface area contributed by atoms with Gasteiger partial charge < -0.3 is 0 Å². The van der Waals surface area contributed by atoms with Crippen LogP contribution in [0.3, 0.4) is 0 Å². The smallest absolute Gasteiger partial charge is 0.0270 e. The molecule has 1 aromatic heterocycles. The number of halogens is 1. The molecule has 0 atom stereocenters. The van der Waals surface area contributed by atoms with Crippen molar-refractivity contribution >= 4 is 15.9 Å². The fourth-order valence-corrected chi connectivity index (χ4v) is 0.962. The number of rotatable bonds is 2. The molecule has 0 fully saturated rings. The van der Waals surface area contributed by atoms with Crippen LogP contribution in [0.15, 0.2) is 24.5 Å². The van der Waals surface area contributed by atoms with E-state index in [1.165, 1.54) is 5.56 Å². The Morgan fingerprint density at radius 1 is 1.44 bits per heavy atom. The van der Waals surface area contributed by atoms with Crippen molar-refractivity contribution in [1.29, 1.82) is 0 Å². The van der Waals surface area contributed by atoms with E-state index < -0.39 is 0 Å². The molecule has 0 saturated carbocycles. The van der Waals surface area contributed by atoms with E-state index in [1.54, 1.807) is 12.4 Å². The molecule has 2 heteroatoms. The summed E-state index contributed by atoms with van der Waals surface area (Å²) in [5.41, 5.74) is 1.21. The molecule has 0 saturated heterocycles. The quantitative estimate of drug-likeness (QED) is 0.642. The zero-order valence-corrected chi connectivity index (χ0v) is 6.51. The SMILES string of the molecule is BrC[CH]c1ccncc1. The highest BCUT2D eigenvalue weighted by Crippen LogP contribution is 2.01. The van der Waals surface area contributed by atoms with Gasteiger partial charge in [0.05, 0.1) is 0 Å². The molecule has 1 rings (SSSR count). The molecular weight excluding hydrogens is 178 g/mol. The first kappa shape index (κ1) is 6.75. The maximum atomic E-state index is 3.89. The minimum atomic E-state index is 0.900. The summed E-state index contributed by atoms with van der Waals surface area (Å²) in [5, 5.41) is 0.900. The molecular formula is C7H7BrN. The fourth-order valence-electron chi connectivity index (χ4n) is 0.589. The van der Waals surface area contributed by atoms with Crippen molar-refractivity contribution in [1.82, 2.24) is 4.98 Å². The monoisotopic (exact) mass is 184 g/mol. The van der Waals surface area contributed by atoms with Crippen LogP contribution in [0, 0.1) is 6.42 Å². The highest BCUT2D eigenvalue weighted by molar-refractivity contribution is 9.09. The van der Waals surface area contributed by atoms with Gasteiger partial charge in [-0.1, -0.05) is 15.9 Å². The van der Waals surface area contributed by atoms with Crippen LogP contribution in [0.25, 0.3) is 0 Å². The lowest BCUT2D eigenvalue weighted by Gasteiger charge is -1.91. The molecule has 0 aliphatic heterocycles. The van der Waals surface area contributed by atoms with E-state index in [2.05, 4.69) is 27.3 Å². The third kappa shape index (κ3) is 2.14. The molecule has 1 nitrogen and oxygen atoms in total. The first-order chi connectivity index (χ1) is 4.43. The molecule has 0 bridgehead atoms. The molecule has 1 radical (unpaired) electrons. The third-order valence-electron chi connectivity index (χ3n) is 1.02. The Bertz CT molecular complexity index is 162. The van der Waals surface area contributed by atoms with Crippen molar-refractivity contribution < 1.29 is 0 Å². The highest BCUT2D eigenvalue weighted by Gasteiger charge is 1.86. The van der Waals surface area contributed by atoms with E-state index in [9.17, 15) is 0 Å². The molecule has 0 amide bonds. The summed E-state index contributed by atoms with van der Waals surface area (Å²) >= 11 is 3.31. The average Bonchev–Trinajstić information content (AvgIpc) is 1.91. The Kier molecular flexibility index (Phi) is 2.71. The van der Waals surface area contributed by atoms with Gasteiger partial charge in [0.2, 0.25) is 0 Å². The van der Waals surface area contributed by atoms with Crippen LogP contribution in [0.1, 0.15) is 5.56 Å². The van der Waals surface area contributed by atoms with Gasteiger partial charge in [-0.25, -0.2) is 0 Å².